The van der Waals surface area contributed by atoms with E-state index >= 15 is 0 Å². The molecule has 6 nitrogen and oxygen atoms in total. The highest BCUT2D eigenvalue weighted by Crippen LogP contribution is 2.38. The molecule has 1 aliphatic carbocycles. The van der Waals surface area contributed by atoms with Crippen LogP contribution in [0.1, 0.15) is 37.3 Å². The first kappa shape index (κ1) is 25.6. The van der Waals surface area contributed by atoms with Crippen molar-refractivity contribution in [2.45, 2.75) is 43.7 Å². The van der Waals surface area contributed by atoms with Crippen LogP contribution in [-0.4, -0.2) is 48.7 Å². The molecule has 4 rings (SSSR count). The van der Waals surface area contributed by atoms with E-state index in [1.165, 1.54) is 18.2 Å². The van der Waals surface area contributed by atoms with Gasteiger partial charge in [0.15, 0.2) is 0 Å². The Labute approximate surface area is 200 Å². The molecule has 1 N–H and O–H groups in total. The van der Waals surface area contributed by atoms with Gasteiger partial charge >= 0.3 is 0 Å². The number of anilines is 1. The fourth-order valence-electron chi connectivity index (χ4n) is 3.85. The van der Waals surface area contributed by atoms with Crippen LogP contribution >= 0.6 is 11.6 Å². The minimum atomic E-state index is -2.80. The lowest BCUT2D eigenvalue weighted by atomic mass is 9.87. The maximum absolute atomic E-state index is 13.6. The van der Waals surface area contributed by atoms with Gasteiger partial charge in [-0.15, -0.1) is 0 Å². The third kappa shape index (κ3) is 6.28. The average molecular weight is 496 g/mol. The summed E-state index contributed by atoms with van der Waals surface area (Å²) >= 11 is 6.20. The molecule has 1 saturated heterocycles. The van der Waals surface area contributed by atoms with Crippen molar-refractivity contribution in [3.63, 3.8) is 0 Å². The van der Waals surface area contributed by atoms with E-state index in [1.54, 1.807) is 29.2 Å². The van der Waals surface area contributed by atoms with E-state index in [2.05, 4.69) is 5.32 Å². The van der Waals surface area contributed by atoms with Gasteiger partial charge < -0.3 is 10.2 Å². The van der Waals surface area contributed by atoms with Crippen LogP contribution in [0.15, 0.2) is 48.5 Å². The quantitative estimate of drug-likeness (QED) is 0.606. The summed E-state index contributed by atoms with van der Waals surface area (Å²) in [5, 5.41) is 2.75. The molecule has 0 bridgehead atoms. The van der Waals surface area contributed by atoms with Crippen LogP contribution in [0.2, 0.25) is 5.02 Å². The SMILES string of the molecule is CN1CCCC1=O.O=CN(c1cccc(F)c1)C(C(=O)NC1CC(F)(F)C1)c1ccccc1Cl. The van der Waals surface area contributed by atoms with Crippen LogP contribution in [0.3, 0.4) is 0 Å². The molecule has 0 aromatic heterocycles. The minimum absolute atomic E-state index is 0.143. The summed E-state index contributed by atoms with van der Waals surface area (Å²) in [7, 11) is 1.84. The molecule has 182 valence electrons. The number of carbonyl (C=O) groups is 3. The number of likely N-dealkylation sites (tertiary alicyclic amines) is 1. The molecule has 2 aliphatic rings. The van der Waals surface area contributed by atoms with Crippen molar-refractivity contribution >= 4 is 35.5 Å². The van der Waals surface area contributed by atoms with Crippen LogP contribution in [0.5, 0.6) is 0 Å². The van der Waals surface area contributed by atoms with Gasteiger partial charge in [0.2, 0.25) is 18.2 Å². The summed E-state index contributed by atoms with van der Waals surface area (Å²) < 4.78 is 39.8. The van der Waals surface area contributed by atoms with Crippen LogP contribution in [-0.2, 0) is 14.4 Å². The van der Waals surface area contributed by atoms with Crippen molar-refractivity contribution in [1.29, 1.82) is 0 Å². The molecule has 34 heavy (non-hydrogen) atoms. The normalized spacial score (nSPS) is 17.8. The van der Waals surface area contributed by atoms with Gasteiger partial charge in [0, 0.05) is 55.2 Å². The van der Waals surface area contributed by atoms with Gasteiger partial charge in [-0.3, -0.25) is 19.3 Å². The second kappa shape index (κ2) is 10.9. The van der Waals surface area contributed by atoms with Crippen LogP contribution in [0, 0.1) is 5.82 Å². The average Bonchev–Trinajstić information content (AvgIpc) is 3.14. The van der Waals surface area contributed by atoms with Crippen LogP contribution < -0.4 is 10.2 Å². The van der Waals surface area contributed by atoms with Gasteiger partial charge in [-0.2, -0.15) is 0 Å². The number of hydrogen-bond donors (Lipinski definition) is 1. The van der Waals surface area contributed by atoms with Gasteiger partial charge in [-0.05, 0) is 30.7 Å². The number of benzene rings is 2. The predicted octanol–water partition coefficient (Wildman–Crippen LogP) is 4.34. The number of rotatable bonds is 6. The van der Waals surface area contributed by atoms with E-state index in [1.807, 2.05) is 7.05 Å². The number of alkyl halides is 2. The van der Waals surface area contributed by atoms with Crippen molar-refractivity contribution < 1.29 is 27.6 Å². The third-order valence-corrected chi connectivity index (χ3v) is 6.04. The highest BCUT2D eigenvalue weighted by Gasteiger charge is 2.47. The summed E-state index contributed by atoms with van der Waals surface area (Å²) in [6.07, 6.45) is 1.27. The Morgan fingerprint density at radius 1 is 1.24 bits per heavy atom. The standard InChI is InChI=1S/C19H16ClF3N2O2.C5H9NO/c20-16-7-2-1-6-15(16)17(18(27)24-13-9-19(22,23)10-13)25(11-26)14-5-3-4-12(21)8-14;1-6-4-2-3-5(6)7/h1-8,11,13,17H,9-10H2,(H,24,27);2-4H2,1H3. The number of amides is 3. The van der Waals surface area contributed by atoms with Gasteiger partial charge in [0.25, 0.3) is 5.92 Å². The minimum Gasteiger partial charge on any atom is -0.351 e. The molecular formula is C24H25ClF3N3O3. The molecule has 0 spiro atoms. The largest absolute Gasteiger partial charge is 0.351 e. The number of carbonyl (C=O) groups excluding carboxylic acids is 3. The molecule has 2 aromatic rings. The lowest BCUT2D eigenvalue weighted by molar-refractivity contribution is -0.131. The molecule has 2 fully saturated rings. The number of hydrogen-bond acceptors (Lipinski definition) is 3. The van der Waals surface area contributed by atoms with Gasteiger partial charge in [-0.25, -0.2) is 13.2 Å². The third-order valence-electron chi connectivity index (χ3n) is 5.69. The van der Waals surface area contributed by atoms with E-state index in [4.69, 9.17) is 11.6 Å². The number of nitrogens with zero attached hydrogens (tertiary/aromatic N) is 2. The van der Waals surface area contributed by atoms with Gasteiger partial charge in [0.1, 0.15) is 11.9 Å². The van der Waals surface area contributed by atoms with Crippen LogP contribution in [0.4, 0.5) is 18.9 Å². The molecule has 1 unspecified atom stereocenters. The zero-order valence-electron chi connectivity index (χ0n) is 18.5. The van der Waals surface area contributed by atoms with E-state index in [0.29, 0.717) is 17.9 Å². The zero-order chi connectivity index (χ0) is 24.9. The highest BCUT2D eigenvalue weighted by atomic mass is 35.5. The lowest BCUT2D eigenvalue weighted by Crippen LogP contribution is -2.53. The van der Waals surface area contributed by atoms with Crippen LogP contribution in [0.25, 0.3) is 0 Å². The summed E-state index contributed by atoms with van der Waals surface area (Å²) in [6, 6.07) is 9.62. The second-order valence-electron chi connectivity index (χ2n) is 8.31. The van der Waals surface area contributed by atoms with E-state index in [-0.39, 0.29) is 10.7 Å². The molecule has 1 aliphatic heterocycles. The topological polar surface area (TPSA) is 69.7 Å². The summed E-state index contributed by atoms with van der Waals surface area (Å²) in [4.78, 5) is 37.9. The number of nitrogens with one attached hydrogen (secondary N) is 1. The molecule has 10 heteroatoms. The monoisotopic (exact) mass is 495 g/mol. The predicted molar refractivity (Wildman–Crippen MR) is 122 cm³/mol. The maximum atomic E-state index is 13.6. The fraction of sp³-hybridized carbons (Fsp3) is 0.375. The van der Waals surface area contributed by atoms with Gasteiger partial charge in [-0.1, -0.05) is 35.9 Å². The first-order chi connectivity index (χ1) is 16.1. The summed E-state index contributed by atoms with van der Waals surface area (Å²) in [5.74, 6) is -3.76. The molecule has 1 heterocycles. The van der Waals surface area contributed by atoms with Crippen molar-refractivity contribution in [2.24, 2.45) is 0 Å². The number of halogens is 4. The zero-order valence-corrected chi connectivity index (χ0v) is 19.3. The van der Waals surface area contributed by atoms with Gasteiger partial charge in [0.05, 0.1) is 0 Å². The molecule has 1 saturated carbocycles. The van der Waals surface area contributed by atoms with E-state index in [0.717, 1.165) is 30.4 Å². The Kier molecular flexibility index (Phi) is 8.19. The Balaban J connectivity index is 0.000000396. The summed E-state index contributed by atoms with van der Waals surface area (Å²) in [6.45, 7) is 0.957. The second-order valence-corrected chi connectivity index (χ2v) is 8.71. The lowest BCUT2D eigenvalue weighted by Gasteiger charge is -2.37. The Morgan fingerprint density at radius 2 is 1.94 bits per heavy atom. The Hall–Kier alpha value is -3.07. The van der Waals surface area contributed by atoms with E-state index < -0.39 is 42.6 Å². The molecule has 2 aromatic carbocycles. The Morgan fingerprint density at radius 3 is 2.44 bits per heavy atom. The first-order valence-corrected chi connectivity index (χ1v) is 11.1. The van der Waals surface area contributed by atoms with E-state index in [9.17, 15) is 27.6 Å². The van der Waals surface area contributed by atoms with Crippen molar-refractivity contribution in [1.82, 2.24) is 10.2 Å². The molecule has 3 amide bonds. The Bertz CT molecular complexity index is 1040. The molecule has 1 atom stereocenters. The smallest absolute Gasteiger partial charge is 0.252 e. The summed E-state index contributed by atoms with van der Waals surface area (Å²) in [5.41, 5.74) is 0.447. The fourth-order valence-corrected chi connectivity index (χ4v) is 4.09. The maximum Gasteiger partial charge on any atom is 0.252 e. The van der Waals surface area contributed by atoms with Crippen molar-refractivity contribution in [3.8, 4) is 0 Å². The highest BCUT2D eigenvalue weighted by molar-refractivity contribution is 6.31. The molecule has 0 radical (unpaired) electrons. The molecular weight excluding hydrogens is 471 g/mol. The first-order valence-electron chi connectivity index (χ1n) is 10.8. The van der Waals surface area contributed by atoms with Crippen molar-refractivity contribution in [3.05, 3.63) is 64.9 Å². The van der Waals surface area contributed by atoms with Crippen molar-refractivity contribution in [2.75, 3.05) is 18.5 Å².